The van der Waals surface area contributed by atoms with Gasteiger partial charge in [0.1, 0.15) is 0 Å². The van der Waals surface area contributed by atoms with Gasteiger partial charge in [0.2, 0.25) is 0 Å². The van der Waals surface area contributed by atoms with Crippen molar-refractivity contribution >= 4 is 14.7 Å². The molecule has 18 heavy (non-hydrogen) atoms. The van der Waals surface area contributed by atoms with Gasteiger partial charge >= 0.3 is 0 Å². The maximum Gasteiger partial charge on any atom is 0.0544 e. The van der Waals surface area contributed by atoms with Crippen LogP contribution in [0.5, 0.6) is 0 Å². The molecular formula is C17H18Si. The summed E-state index contributed by atoms with van der Waals surface area (Å²) in [4.78, 5) is 0. The summed E-state index contributed by atoms with van der Waals surface area (Å²) in [7, 11) is -0.0344. The third kappa shape index (κ3) is 3.61. The van der Waals surface area contributed by atoms with Gasteiger partial charge in [-0.1, -0.05) is 59.8 Å². The SMILES string of the molecule is CC[SiH2]c1ccc(C#Cc2ccc(C)cc2)cc1. The summed E-state index contributed by atoms with van der Waals surface area (Å²) in [5.74, 6) is 6.42. The predicted octanol–water partition coefficient (Wildman–Crippen LogP) is 2.63. The summed E-state index contributed by atoms with van der Waals surface area (Å²) in [5.41, 5.74) is 3.45. The van der Waals surface area contributed by atoms with Gasteiger partial charge in [-0.15, -0.1) is 0 Å². The largest absolute Gasteiger partial charge is 0.0680 e. The van der Waals surface area contributed by atoms with Gasteiger partial charge in [-0.25, -0.2) is 0 Å². The Morgan fingerprint density at radius 1 is 0.833 bits per heavy atom. The molecule has 1 heteroatoms. The normalized spacial score (nSPS) is 10.3. The van der Waals surface area contributed by atoms with Crippen LogP contribution in [0.1, 0.15) is 23.6 Å². The highest BCUT2D eigenvalue weighted by atomic mass is 28.2. The topological polar surface area (TPSA) is 0 Å². The number of benzene rings is 2. The Balaban J connectivity index is 2.12. The lowest BCUT2D eigenvalue weighted by Gasteiger charge is -1.97. The molecule has 0 aliphatic heterocycles. The number of hydrogen-bond acceptors (Lipinski definition) is 0. The van der Waals surface area contributed by atoms with Crippen LogP contribution in [0.3, 0.4) is 0 Å². The molecule has 0 unspecified atom stereocenters. The fourth-order valence-corrected chi connectivity index (χ4v) is 2.97. The molecule has 90 valence electrons. The smallest absolute Gasteiger partial charge is 0.0544 e. The highest BCUT2D eigenvalue weighted by Gasteiger charge is 1.92. The first kappa shape index (κ1) is 12.7. The van der Waals surface area contributed by atoms with Crippen LogP contribution in [0.2, 0.25) is 6.04 Å². The van der Waals surface area contributed by atoms with E-state index in [0.717, 1.165) is 11.1 Å². The van der Waals surface area contributed by atoms with Gasteiger partial charge < -0.3 is 0 Å². The molecule has 0 bridgehead atoms. The molecule has 2 aromatic carbocycles. The number of hydrogen-bond donors (Lipinski definition) is 0. The highest BCUT2D eigenvalue weighted by Crippen LogP contribution is 2.02. The van der Waals surface area contributed by atoms with E-state index in [9.17, 15) is 0 Å². The first-order valence-electron chi connectivity index (χ1n) is 6.45. The van der Waals surface area contributed by atoms with Gasteiger partial charge in [0, 0.05) is 11.1 Å². The molecular weight excluding hydrogens is 232 g/mol. The molecule has 0 saturated carbocycles. The number of aryl methyl sites for hydroxylation is 1. The number of rotatable bonds is 2. The van der Waals surface area contributed by atoms with E-state index in [2.05, 4.69) is 74.2 Å². The van der Waals surface area contributed by atoms with Crippen LogP contribution in [-0.4, -0.2) is 9.52 Å². The fourth-order valence-electron chi connectivity index (χ4n) is 1.82. The molecule has 2 rings (SSSR count). The first-order valence-corrected chi connectivity index (χ1v) is 8.16. The Labute approximate surface area is 112 Å². The summed E-state index contributed by atoms with van der Waals surface area (Å²) >= 11 is 0. The molecule has 0 spiro atoms. The molecule has 0 radical (unpaired) electrons. The highest BCUT2D eigenvalue weighted by molar-refractivity contribution is 6.53. The van der Waals surface area contributed by atoms with E-state index in [4.69, 9.17) is 0 Å². The van der Waals surface area contributed by atoms with Crippen molar-refractivity contribution in [2.24, 2.45) is 0 Å². The molecule has 0 saturated heterocycles. The van der Waals surface area contributed by atoms with E-state index in [-0.39, 0.29) is 9.52 Å². The van der Waals surface area contributed by atoms with Crippen molar-refractivity contribution in [2.45, 2.75) is 19.9 Å². The molecule has 0 aromatic heterocycles. The third-order valence-electron chi connectivity index (χ3n) is 2.90. The molecule has 0 heterocycles. The maximum atomic E-state index is 3.22. The van der Waals surface area contributed by atoms with Gasteiger partial charge in [0.15, 0.2) is 0 Å². The first-order chi connectivity index (χ1) is 8.78. The van der Waals surface area contributed by atoms with Crippen molar-refractivity contribution in [3.8, 4) is 11.8 Å². The van der Waals surface area contributed by atoms with Crippen molar-refractivity contribution in [1.82, 2.24) is 0 Å². The standard InChI is InChI=1S/C17H18Si/c1-3-18-17-12-10-16(11-13-17)9-8-15-6-4-14(2)5-7-15/h4-7,10-13H,3,18H2,1-2H3. The Morgan fingerprint density at radius 2 is 1.33 bits per heavy atom. The minimum absolute atomic E-state index is 0.0344. The van der Waals surface area contributed by atoms with Crippen LogP contribution in [0.15, 0.2) is 48.5 Å². The van der Waals surface area contributed by atoms with Crippen LogP contribution in [0.4, 0.5) is 0 Å². The molecule has 0 amide bonds. The van der Waals surface area contributed by atoms with Crippen molar-refractivity contribution in [3.05, 3.63) is 65.2 Å². The van der Waals surface area contributed by atoms with Gasteiger partial charge in [-0.3, -0.25) is 0 Å². The van der Waals surface area contributed by atoms with E-state index >= 15 is 0 Å². The second-order valence-electron chi connectivity index (χ2n) is 4.56. The zero-order valence-electron chi connectivity index (χ0n) is 11.0. The van der Waals surface area contributed by atoms with E-state index in [1.165, 1.54) is 16.8 Å². The molecule has 2 aromatic rings. The van der Waals surface area contributed by atoms with Gasteiger partial charge in [-0.05, 0) is 31.2 Å². The molecule has 0 N–H and O–H groups in total. The molecule has 0 nitrogen and oxygen atoms in total. The van der Waals surface area contributed by atoms with E-state index < -0.39 is 0 Å². The summed E-state index contributed by atoms with van der Waals surface area (Å²) in [6.07, 6.45) is 0. The van der Waals surface area contributed by atoms with Crippen molar-refractivity contribution in [1.29, 1.82) is 0 Å². The van der Waals surface area contributed by atoms with Crippen molar-refractivity contribution in [3.63, 3.8) is 0 Å². The van der Waals surface area contributed by atoms with Gasteiger partial charge in [-0.2, -0.15) is 0 Å². The summed E-state index contributed by atoms with van der Waals surface area (Å²) in [5, 5.41) is 1.53. The molecule has 0 atom stereocenters. The average molecular weight is 250 g/mol. The lowest BCUT2D eigenvalue weighted by atomic mass is 10.1. The van der Waals surface area contributed by atoms with E-state index in [1.54, 1.807) is 0 Å². The summed E-state index contributed by atoms with van der Waals surface area (Å²) < 4.78 is 0. The zero-order valence-corrected chi connectivity index (χ0v) is 12.4. The van der Waals surface area contributed by atoms with Crippen LogP contribution in [0.25, 0.3) is 0 Å². The van der Waals surface area contributed by atoms with Crippen LogP contribution in [0, 0.1) is 18.8 Å². The van der Waals surface area contributed by atoms with Gasteiger partial charge in [0.25, 0.3) is 0 Å². The predicted molar refractivity (Wildman–Crippen MR) is 82.3 cm³/mol. The Hall–Kier alpha value is -1.78. The van der Waals surface area contributed by atoms with Crippen LogP contribution < -0.4 is 5.19 Å². The van der Waals surface area contributed by atoms with E-state index in [0.29, 0.717) is 0 Å². The molecule has 0 aliphatic rings. The Bertz CT molecular complexity index is 553. The maximum absolute atomic E-state index is 3.22. The lowest BCUT2D eigenvalue weighted by molar-refractivity contribution is 1.46. The van der Waals surface area contributed by atoms with Gasteiger partial charge in [0.05, 0.1) is 9.52 Å². The summed E-state index contributed by atoms with van der Waals surface area (Å²) in [6, 6.07) is 18.4. The lowest BCUT2D eigenvalue weighted by Crippen LogP contribution is -2.11. The Kier molecular flexibility index (Phi) is 4.39. The van der Waals surface area contributed by atoms with Crippen molar-refractivity contribution < 1.29 is 0 Å². The van der Waals surface area contributed by atoms with Crippen LogP contribution >= 0.6 is 0 Å². The zero-order chi connectivity index (χ0) is 12.8. The molecule has 0 aliphatic carbocycles. The van der Waals surface area contributed by atoms with Crippen molar-refractivity contribution in [2.75, 3.05) is 0 Å². The minimum Gasteiger partial charge on any atom is -0.0680 e. The summed E-state index contributed by atoms with van der Waals surface area (Å²) in [6.45, 7) is 4.35. The van der Waals surface area contributed by atoms with E-state index in [1.807, 2.05) is 0 Å². The fraction of sp³-hybridized carbons (Fsp3) is 0.176. The second-order valence-corrected chi connectivity index (χ2v) is 6.88. The minimum atomic E-state index is -0.0344. The third-order valence-corrected chi connectivity index (χ3v) is 4.44. The average Bonchev–Trinajstić information content (AvgIpc) is 2.40. The second kappa shape index (κ2) is 6.23. The molecule has 0 fully saturated rings. The quantitative estimate of drug-likeness (QED) is 0.568. The monoisotopic (exact) mass is 250 g/mol. The van der Waals surface area contributed by atoms with Crippen LogP contribution in [-0.2, 0) is 0 Å². The Morgan fingerprint density at radius 3 is 1.83 bits per heavy atom.